The smallest absolute Gasteiger partial charge is 0.0705 e. The van der Waals surface area contributed by atoms with E-state index in [1.54, 1.807) is 0 Å². The van der Waals surface area contributed by atoms with Crippen LogP contribution in [0.3, 0.4) is 0 Å². The monoisotopic (exact) mass is 341 g/mol. The molecule has 0 saturated heterocycles. The second-order valence-electron chi connectivity index (χ2n) is 4.94. The number of hydrogen-bond donors (Lipinski definition) is 2. The van der Waals surface area contributed by atoms with Crippen molar-refractivity contribution in [3.63, 3.8) is 0 Å². The van der Waals surface area contributed by atoms with Crippen LogP contribution in [-0.2, 0) is 6.42 Å². The van der Waals surface area contributed by atoms with E-state index in [0.717, 1.165) is 33.1 Å². The number of hydrogen-bond acceptors (Lipinski definition) is 3. The van der Waals surface area contributed by atoms with Crippen molar-refractivity contribution in [2.24, 2.45) is 5.84 Å². The van der Waals surface area contributed by atoms with E-state index in [2.05, 4.69) is 45.6 Å². The fourth-order valence-electron chi connectivity index (χ4n) is 2.45. The van der Waals surface area contributed by atoms with Crippen LogP contribution in [-0.4, -0.2) is 4.98 Å². The van der Waals surface area contributed by atoms with Gasteiger partial charge in [0, 0.05) is 22.0 Å². The molecule has 3 aromatic rings. The lowest BCUT2D eigenvalue weighted by atomic mass is 10.0. The van der Waals surface area contributed by atoms with Crippen LogP contribution in [0.15, 0.2) is 65.1 Å². The maximum atomic E-state index is 5.74. The van der Waals surface area contributed by atoms with Gasteiger partial charge in [0.1, 0.15) is 0 Å². The predicted octanol–water partition coefficient (Wildman–Crippen LogP) is 3.74. The standard InChI is InChI=1S/C17H16BrN3/c18-15-7-3-2-6-14(15)17(21-19)11-13-10-9-12-5-1-4-8-16(12)20-13/h1-10,17,21H,11,19H2. The van der Waals surface area contributed by atoms with Gasteiger partial charge >= 0.3 is 0 Å². The summed E-state index contributed by atoms with van der Waals surface area (Å²) >= 11 is 3.57. The lowest BCUT2D eigenvalue weighted by Crippen LogP contribution is -2.30. The minimum Gasteiger partial charge on any atom is -0.271 e. The summed E-state index contributed by atoms with van der Waals surface area (Å²) in [5.41, 5.74) is 6.05. The second kappa shape index (κ2) is 6.35. The number of nitrogens with two attached hydrogens (primary N) is 1. The third-order valence-corrected chi connectivity index (χ3v) is 4.27. The number of aromatic nitrogens is 1. The van der Waals surface area contributed by atoms with Gasteiger partial charge in [-0.05, 0) is 23.8 Å². The Morgan fingerprint density at radius 1 is 1.00 bits per heavy atom. The molecule has 106 valence electrons. The number of para-hydroxylation sites is 1. The number of nitrogens with zero attached hydrogens (tertiary/aromatic N) is 1. The number of fused-ring (bicyclic) bond motifs is 1. The summed E-state index contributed by atoms with van der Waals surface area (Å²) < 4.78 is 1.05. The molecule has 0 spiro atoms. The van der Waals surface area contributed by atoms with Crippen LogP contribution >= 0.6 is 15.9 Å². The molecule has 4 heteroatoms. The Labute approximate surface area is 132 Å². The van der Waals surface area contributed by atoms with Crippen molar-refractivity contribution in [3.05, 3.63) is 76.4 Å². The van der Waals surface area contributed by atoms with E-state index in [9.17, 15) is 0 Å². The number of rotatable bonds is 4. The molecule has 0 aliphatic heterocycles. The number of pyridine rings is 1. The van der Waals surface area contributed by atoms with Crippen LogP contribution in [0.5, 0.6) is 0 Å². The molecule has 0 amide bonds. The number of nitrogens with one attached hydrogen (secondary N) is 1. The Bertz CT molecular complexity index is 758. The first kappa shape index (κ1) is 14.2. The van der Waals surface area contributed by atoms with Crippen LogP contribution < -0.4 is 11.3 Å². The maximum absolute atomic E-state index is 5.74. The molecule has 0 saturated carbocycles. The summed E-state index contributed by atoms with van der Waals surface area (Å²) in [4.78, 5) is 4.71. The van der Waals surface area contributed by atoms with Gasteiger partial charge in [0.2, 0.25) is 0 Å². The Kier molecular flexibility index (Phi) is 4.29. The Morgan fingerprint density at radius 3 is 2.57 bits per heavy atom. The van der Waals surface area contributed by atoms with Gasteiger partial charge in [-0.1, -0.05) is 58.4 Å². The molecule has 0 aliphatic carbocycles. The summed E-state index contributed by atoms with van der Waals surface area (Å²) in [7, 11) is 0. The van der Waals surface area contributed by atoms with Crippen molar-refractivity contribution < 1.29 is 0 Å². The van der Waals surface area contributed by atoms with Crippen molar-refractivity contribution in [1.29, 1.82) is 0 Å². The quantitative estimate of drug-likeness (QED) is 0.561. The summed E-state index contributed by atoms with van der Waals surface area (Å²) in [6.45, 7) is 0. The first-order valence-corrected chi connectivity index (χ1v) is 7.62. The third kappa shape index (κ3) is 3.13. The molecular weight excluding hydrogens is 326 g/mol. The van der Waals surface area contributed by atoms with Gasteiger partial charge in [0.05, 0.1) is 11.6 Å². The molecule has 1 heterocycles. The molecule has 0 bridgehead atoms. The Hall–Kier alpha value is -1.75. The highest BCUT2D eigenvalue weighted by Crippen LogP contribution is 2.25. The zero-order valence-corrected chi connectivity index (χ0v) is 13.0. The van der Waals surface area contributed by atoms with Crippen LogP contribution in [0.25, 0.3) is 10.9 Å². The fourth-order valence-corrected chi connectivity index (χ4v) is 3.01. The molecule has 1 unspecified atom stereocenters. The van der Waals surface area contributed by atoms with Crippen molar-refractivity contribution in [1.82, 2.24) is 10.4 Å². The molecular formula is C17H16BrN3. The summed E-state index contributed by atoms with van der Waals surface area (Å²) in [5.74, 6) is 5.74. The first-order valence-electron chi connectivity index (χ1n) is 6.83. The van der Waals surface area contributed by atoms with Gasteiger partial charge in [0.25, 0.3) is 0 Å². The maximum Gasteiger partial charge on any atom is 0.0705 e. The molecule has 0 fully saturated rings. The predicted molar refractivity (Wildman–Crippen MR) is 89.7 cm³/mol. The molecule has 1 aromatic heterocycles. The minimum atomic E-state index is 0.0224. The van der Waals surface area contributed by atoms with E-state index < -0.39 is 0 Å². The van der Waals surface area contributed by atoms with E-state index in [1.807, 2.05) is 36.4 Å². The second-order valence-corrected chi connectivity index (χ2v) is 5.79. The Balaban J connectivity index is 1.90. The number of halogens is 1. The molecule has 3 rings (SSSR count). The molecule has 2 aromatic carbocycles. The molecule has 21 heavy (non-hydrogen) atoms. The van der Waals surface area contributed by atoms with E-state index in [1.165, 1.54) is 0 Å². The van der Waals surface area contributed by atoms with Crippen molar-refractivity contribution in [2.75, 3.05) is 0 Å². The van der Waals surface area contributed by atoms with Gasteiger partial charge in [-0.25, -0.2) is 0 Å². The molecule has 3 N–H and O–H groups in total. The van der Waals surface area contributed by atoms with Crippen LogP contribution in [0.2, 0.25) is 0 Å². The molecule has 1 atom stereocenters. The van der Waals surface area contributed by atoms with E-state index >= 15 is 0 Å². The van der Waals surface area contributed by atoms with Gasteiger partial charge in [-0.3, -0.25) is 16.3 Å². The summed E-state index contributed by atoms with van der Waals surface area (Å²) in [6, 6.07) is 20.4. The summed E-state index contributed by atoms with van der Waals surface area (Å²) in [5, 5.41) is 1.15. The minimum absolute atomic E-state index is 0.0224. The van der Waals surface area contributed by atoms with Crippen LogP contribution in [0.4, 0.5) is 0 Å². The Morgan fingerprint density at radius 2 is 1.76 bits per heavy atom. The highest BCUT2D eigenvalue weighted by Gasteiger charge is 2.14. The first-order chi connectivity index (χ1) is 10.3. The zero-order valence-electron chi connectivity index (χ0n) is 11.5. The van der Waals surface area contributed by atoms with E-state index in [4.69, 9.17) is 10.8 Å². The van der Waals surface area contributed by atoms with Crippen molar-refractivity contribution in [2.45, 2.75) is 12.5 Å². The van der Waals surface area contributed by atoms with Gasteiger partial charge in [-0.15, -0.1) is 0 Å². The fraction of sp³-hybridized carbons (Fsp3) is 0.118. The average Bonchev–Trinajstić information content (AvgIpc) is 2.53. The lowest BCUT2D eigenvalue weighted by molar-refractivity contribution is 0.545. The molecule has 3 nitrogen and oxygen atoms in total. The number of benzene rings is 2. The van der Waals surface area contributed by atoms with Crippen LogP contribution in [0, 0.1) is 0 Å². The average molecular weight is 342 g/mol. The third-order valence-electron chi connectivity index (χ3n) is 3.55. The SMILES string of the molecule is NNC(Cc1ccc2ccccc2n1)c1ccccc1Br. The van der Waals surface area contributed by atoms with E-state index in [-0.39, 0.29) is 6.04 Å². The van der Waals surface area contributed by atoms with Gasteiger partial charge in [0.15, 0.2) is 0 Å². The van der Waals surface area contributed by atoms with Crippen molar-refractivity contribution in [3.8, 4) is 0 Å². The summed E-state index contributed by atoms with van der Waals surface area (Å²) in [6.07, 6.45) is 0.740. The van der Waals surface area contributed by atoms with Crippen LogP contribution in [0.1, 0.15) is 17.3 Å². The highest BCUT2D eigenvalue weighted by atomic mass is 79.9. The normalized spacial score (nSPS) is 12.5. The topological polar surface area (TPSA) is 50.9 Å². The number of hydrazine groups is 1. The molecule has 0 radical (unpaired) electrons. The zero-order chi connectivity index (χ0) is 14.7. The lowest BCUT2D eigenvalue weighted by Gasteiger charge is -2.17. The van der Waals surface area contributed by atoms with Gasteiger partial charge < -0.3 is 0 Å². The van der Waals surface area contributed by atoms with Crippen molar-refractivity contribution >= 4 is 26.8 Å². The largest absolute Gasteiger partial charge is 0.271 e. The molecule has 0 aliphatic rings. The van der Waals surface area contributed by atoms with Gasteiger partial charge in [-0.2, -0.15) is 0 Å². The highest BCUT2D eigenvalue weighted by molar-refractivity contribution is 9.10. The van der Waals surface area contributed by atoms with E-state index in [0.29, 0.717) is 0 Å².